The molecule has 2 aromatic rings. The average molecular weight is 296 g/mol. The second-order valence-electron chi connectivity index (χ2n) is 5.75. The molecule has 3 rings (SSSR count). The maximum Gasteiger partial charge on any atom is 0.122 e. The number of ether oxygens (including phenoxy) is 1. The van der Waals surface area contributed by atoms with E-state index in [9.17, 15) is 0 Å². The van der Waals surface area contributed by atoms with Crippen LogP contribution < -0.4 is 15.4 Å². The summed E-state index contributed by atoms with van der Waals surface area (Å²) in [7, 11) is 1.74. The summed E-state index contributed by atoms with van der Waals surface area (Å²) in [5.74, 6) is 0.988. The third-order valence-electron chi connectivity index (χ3n) is 4.37. The maximum absolute atomic E-state index is 5.46. The van der Waals surface area contributed by atoms with Gasteiger partial charge in [-0.05, 0) is 30.0 Å². The van der Waals surface area contributed by atoms with Gasteiger partial charge in [0.25, 0.3) is 0 Å². The topological polar surface area (TPSA) is 33.3 Å². The Morgan fingerprint density at radius 1 is 0.955 bits per heavy atom. The summed E-state index contributed by atoms with van der Waals surface area (Å²) in [6.45, 7) is 2.05. The van der Waals surface area contributed by atoms with Gasteiger partial charge < -0.3 is 15.4 Å². The zero-order valence-electron chi connectivity index (χ0n) is 13.1. The Balaban J connectivity index is 1.69. The van der Waals surface area contributed by atoms with Crippen molar-refractivity contribution in [3.05, 3.63) is 65.7 Å². The third kappa shape index (κ3) is 3.49. The van der Waals surface area contributed by atoms with E-state index in [0.29, 0.717) is 12.1 Å². The first kappa shape index (κ1) is 15.1. The lowest BCUT2D eigenvalue weighted by Gasteiger charge is -2.34. The monoisotopic (exact) mass is 296 g/mol. The molecule has 2 aromatic carbocycles. The van der Waals surface area contributed by atoms with Crippen LogP contribution in [-0.2, 0) is 6.42 Å². The Labute approximate surface area is 132 Å². The number of benzene rings is 2. The normalized spacial score (nSPS) is 21.5. The zero-order valence-corrected chi connectivity index (χ0v) is 13.1. The van der Waals surface area contributed by atoms with E-state index >= 15 is 0 Å². The fraction of sp³-hybridized carbons (Fsp3) is 0.368. The minimum Gasteiger partial charge on any atom is -0.496 e. The van der Waals surface area contributed by atoms with E-state index < -0.39 is 0 Å². The van der Waals surface area contributed by atoms with Gasteiger partial charge in [0.2, 0.25) is 0 Å². The Bertz CT molecular complexity index is 585. The fourth-order valence-electron chi connectivity index (χ4n) is 3.25. The molecule has 1 aliphatic heterocycles. The van der Waals surface area contributed by atoms with Crippen LogP contribution in [0.4, 0.5) is 0 Å². The van der Waals surface area contributed by atoms with Crippen LogP contribution in [0, 0.1) is 0 Å². The molecule has 22 heavy (non-hydrogen) atoms. The largest absolute Gasteiger partial charge is 0.496 e. The molecular weight excluding hydrogens is 272 g/mol. The highest BCUT2D eigenvalue weighted by Gasteiger charge is 2.25. The first-order valence-corrected chi connectivity index (χ1v) is 8.02. The van der Waals surface area contributed by atoms with Crippen LogP contribution in [0.2, 0.25) is 0 Å². The molecule has 2 unspecified atom stereocenters. The zero-order chi connectivity index (χ0) is 15.2. The molecule has 0 spiro atoms. The number of aryl methyl sites for hydroxylation is 1. The van der Waals surface area contributed by atoms with Gasteiger partial charge in [-0.15, -0.1) is 0 Å². The second kappa shape index (κ2) is 7.43. The van der Waals surface area contributed by atoms with Crippen molar-refractivity contribution >= 4 is 0 Å². The van der Waals surface area contributed by atoms with Gasteiger partial charge in [-0.1, -0.05) is 48.5 Å². The number of nitrogens with one attached hydrogen (secondary N) is 2. The Morgan fingerprint density at radius 3 is 2.50 bits per heavy atom. The predicted molar refractivity (Wildman–Crippen MR) is 90.3 cm³/mol. The Kier molecular flexibility index (Phi) is 5.09. The van der Waals surface area contributed by atoms with Crippen molar-refractivity contribution in [3.8, 4) is 5.75 Å². The first-order chi connectivity index (χ1) is 10.9. The Morgan fingerprint density at radius 2 is 1.68 bits per heavy atom. The van der Waals surface area contributed by atoms with Crippen molar-refractivity contribution in [2.45, 2.75) is 24.9 Å². The van der Waals surface area contributed by atoms with E-state index in [1.54, 1.807) is 7.11 Å². The molecule has 1 fully saturated rings. The summed E-state index contributed by atoms with van der Waals surface area (Å²) in [5.41, 5.74) is 2.64. The molecule has 0 aliphatic carbocycles. The van der Waals surface area contributed by atoms with Gasteiger partial charge in [-0.3, -0.25) is 0 Å². The molecule has 0 radical (unpaired) electrons. The van der Waals surface area contributed by atoms with Crippen molar-refractivity contribution in [1.29, 1.82) is 0 Å². The lowest BCUT2D eigenvalue weighted by molar-refractivity contribution is 0.311. The fourth-order valence-corrected chi connectivity index (χ4v) is 3.25. The lowest BCUT2D eigenvalue weighted by atomic mass is 9.92. The maximum atomic E-state index is 5.46. The summed E-state index contributed by atoms with van der Waals surface area (Å²) in [6, 6.07) is 19.8. The summed E-state index contributed by atoms with van der Waals surface area (Å²) in [6.07, 6.45) is 2.11. The highest BCUT2D eigenvalue weighted by Crippen LogP contribution is 2.25. The van der Waals surface area contributed by atoms with Gasteiger partial charge in [-0.2, -0.15) is 0 Å². The van der Waals surface area contributed by atoms with Crippen molar-refractivity contribution in [3.63, 3.8) is 0 Å². The van der Waals surface area contributed by atoms with Crippen molar-refractivity contribution in [1.82, 2.24) is 10.6 Å². The van der Waals surface area contributed by atoms with E-state index in [0.717, 1.165) is 31.7 Å². The van der Waals surface area contributed by atoms with E-state index in [2.05, 4.69) is 53.1 Å². The van der Waals surface area contributed by atoms with Gasteiger partial charge in [0, 0.05) is 25.2 Å². The summed E-state index contributed by atoms with van der Waals surface area (Å²) >= 11 is 0. The van der Waals surface area contributed by atoms with Crippen LogP contribution in [0.25, 0.3) is 0 Å². The van der Waals surface area contributed by atoms with Crippen LogP contribution in [0.1, 0.15) is 23.6 Å². The van der Waals surface area contributed by atoms with Crippen LogP contribution >= 0.6 is 0 Å². The molecule has 1 heterocycles. The molecule has 3 heteroatoms. The van der Waals surface area contributed by atoms with Gasteiger partial charge in [0.05, 0.1) is 7.11 Å². The SMILES string of the molecule is COc1ccccc1CCC1NCCNC1c1ccccc1. The number of methoxy groups -OCH3 is 1. The van der Waals surface area contributed by atoms with E-state index in [1.807, 2.05) is 12.1 Å². The molecule has 0 aromatic heterocycles. The molecule has 1 aliphatic rings. The van der Waals surface area contributed by atoms with Crippen LogP contribution in [0.3, 0.4) is 0 Å². The standard InChI is InChI=1S/C19H24N2O/c1-22-18-10-6-5-7-15(18)11-12-17-19(21-14-13-20-17)16-8-3-2-4-9-16/h2-10,17,19-21H,11-14H2,1H3. The van der Waals surface area contributed by atoms with Gasteiger partial charge in [-0.25, -0.2) is 0 Å². The first-order valence-electron chi connectivity index (χ1n) is 8.02. The molecular formula is C19H24N2O. The van der Waals surface area contributed by atoms with Crippen molar-refractivity contribution < 1.29 is 4.74 Å². The highest BCUT2D eigenvalue weighted by atomic mass is 16.5. The van der Waals surface area contributed by atoms with Crippen LogP contribution in [0.5, 0.6) is 5.75 Å². The second-order valence-corrected chi connectivity index (χ2v) is 5.75. The minimum atomic E-state index is 0.379. The van der Waals surface area contributed by atoms with Crippen LogP contribution in [0.15, 0.2) is 54.6 Å². The smallest absolute Gasteiger partial charge is 0.122 e. The number of piperazine rings is 1. The molecule has 0 amide bonds. The van der Waals surface area contributed by atoms with Crippen LogP contribution in [-0.4, -0.2) is 26.2 Å². The molecule has 0 saturated carbocycles. The summed E-state index contributed by atoms with van der Waals surface area (Å²) in [4.78, 5) is 0. The average Bonchev–Trinajstić information content (AvgIpc) is 2.61. The number of rotatable bonds is 5. The highest BCUT2D eigenvalue weighted by molar-refractivity contribution is 5.33. The number of hydrogen-bond donors (Lipinski definition) is 2. The Hall–Kier alpha value is -1.84. The van der Waals surface area contributed by atoms with E-state index in [1.165, 1.54) is 11.1 Å². The molecule has 1 saturated heterocycles. The summed E-state index contributed by atoms with van der Waals surface area (Å²) in [5, 5.41) is 7.33. The van der Waals surface area contributed by atoms with E-state index in [4.69, 9.17) is 4.74 Å². The van der Waals surface area contributed by atoms with Crippen molar-refractivity contribution in [2.75, 3.05) is 20.2 Å². The number of hydrogen-bond acceptors (Lipinski definition) is 3. The van der Waals surface area contributed by atoms with Gasteiger partial charge in [0.15, 0.2) is 0 Å². The van der Waals surface area contributed by atoms with Crippen molar-refractivity contribution in [2.24, 2.45) is 0 Å². The van der Waals surface area contributed by atoms with Gasteiger partial charge >= 0.3 is 0 Å². The predicted octanol–water partition coefficient (Wildman–Crippen LogP) is 2.93. The molecule has 0 bridgehead atoms. The number of para-hydroxylation sites is 1. The molecule has 2 atom stereocenters. The quantitative estimate of drug-likeness (QED) is 0.890. The van der Waals surface area contributed by atoms with E-state index in [-0.39, 0.29) is 0 Å². The molecule has 2 N–H and O–H groups in total. The minimum absolute atomic E-state index is 0.379. The lowest BCUT2D eigenvalue weighted by Crippen LogP contribution is -2.50. The molecule has 116 valence electrons. The third-order valence-corrected chi connectivity index (χ3v) is 4.37. The van der Waals surface area contributed by atoms with Gasteiger partial charge in [0.1, 0.15) is 5.75 Å². The molecule has 3 nitrogen and oxygen atoms in total. The summed E-state index contributed by atoms with van der Waals surface area (Å²) < 4.78 is 5.46.